The topological polar surface area (TPSA) is 40.5 Å². The average Bonchev–Trinajstić information content (AvgIpc) is 2.61. The molecule has 0 radical (unpaired) electrons. The summed E-state index contributed by atoms with van der Waals surface area (Å²) in [6.07, 6.45) is 0.142. The summed E-state index contributed by atoms with van der Waals surface area (Å²) in [7, 11) is 0. The lowest BCUT2D eigenvalue weighted by molar-refractivity contribution is -0.136. The van der Waals surface area contributed by atoms with E-state index in [0.717, 1.165) is 24.5 Å². The summed E-state index contributed by atoms with van der Waals surface area (Å²) < 4.78 is 0. The number of hydrogen-bond acceptors (Lipinski definition) is 3. The van der Waals surface area contributed by atoms with Gasteiger partial charge in [0.25, 0.3) is 0 Å². The molecule has 0 aliphatic heterocycles. The zero-order valence-electron chi connectivity index (χ0n) is 9.19. The second-order valence-corrected chi connectivity index (χ2v) is 4.45. The third-order valence-corrected chi connectivity index (χ3v) is 3.32. The Morgan fingerprint density at radius 3 is 2.67 bits per heavy atom. The lowest BCUT2D eigenvalue weighted by Crippen LogP contribution is -2.21. The van der Waals surface area contributed by atoms with Crippen molar-refractivity contribution in [2.45, 2.75) is 26.8 Å². The zero-order valence-corrected chi connectivity index (χ0v) is 10.0. The molecule has 0 bridgehead atoms. The van der Waals surface area contributed by atoms with E-state index < -0.39 is 5.97 Å². The number of thiophene rings is 1. The molecule has 0 aromatic carbocycles. The van der Waals surface area contributed by atoms with Crippen molar-refractivity contribution in [3.8, 4) is 0 Å². The average molecular weight is 227 g/mol. The van der Waals surface area contributed by atoms with E-state index in [9.17, 15) is 4.79 Å². The van der Waals surface area contributed by atoms with Crippen LogP contribution < -0.4 is 0 Å². The van der Waals surface area contributed by atoms with Crippen LogP contribution in [0.15, 0.2) is 11.4 Å². The van der Waals surface area contributed by atoms with Crippen molar-refractivity contribution in [1.82, 2.24) is 4.90 Å². The standard InChI is InChI=1S/C11H17NO2S/c1-3-12(4-2)7-9-5-10(15-8-9)6-11(13)14/h5,8H,3-4,6-7H2,1-2H3,(H,13,14). The summed E-state index contributed by atoms with van der Waals surface area (Å²) in [6, 6.07) is 2.00. The molecule has 0 aliphatic rings. The second kappa shape index (κ2) is 5.88. The number of nitrogens with zero attached hydrogens (tertiary/aromatic N) is 1. The minimum Gasteiger partial charge on any atom is -0.481 e. The van der Waals surface area contributed by atoms with Crippen molar-refractivity contribution in [3.05, 3.63) is 21.9 Å². The minimum atomic E-state index is -0.758. The Kier molecular flexibility index (Phi) is 4.78. The van der Waals surface area contributed by atoms with Gasteiger partial charge in [-0.05, 0) is 30.1 Å². The molecule has 0 fully saturated rings. The summed E-state index contributed by atoms with van der Waals surface area (Å²) in [5, 5.41) is 10.7. The van der Waals surface area contributed by atoms with Crippen LogP contribution >= 0.6 is 11.3 Å². The van der Waals surface area contributed by atoms with Crippen LogP contribution in [-0.2, 0) is 17.8 Å². The molecule has 0 saturated heterocycles. The van der Waals surface area contributed by atoms with Crippen LogP contribution in [0.3, 0.4) is 0 Å². The summed E-state index contributed by atoms with van der Waals surface area (Å²) >= 11 is 1.53. The van der Waals surface area contributed by atoms with E-state index in [4.69, 9.17) is 5.11 Å². The highest BCUT2D eigenvalue weighted by Gasteiger charge is 2.06. The van der Waals surface area contributed by atoms with Crippen molar-refractivity contribution in [2.24, 2.45) is 0 Å². The molecule has 3 nitrogen and oxygen atoms in total. The Labute approximate surface area is 94.3 Å². The molecule has 1 aromatic rings. The van der Waals surface area contributed by atoms with Crippen LogP contribution in [0.25, 0.3) is 0 Å². The van der Waals surface area contributed by atoms with Gasteiger partial charge in [0.05, 0.1) is 6.42 Å². The Morgan fingerprint density at radius 1 is 1.47 bits per heavy atom. The predicted molar refractivity (Wildman–Crippen MR) is 62.3 cm³/mol. The van der Waals surface area contributed by atoms with E-state index >= 15 is 0 Å². The third-order valence-electron chi connectivity index (χ3n) is 2.33. The van der Waals surface area contributed by atoms with Gasteiger partial charge in [-0.1, -0.05) is 13.8 Å². The zero-order chi connectivity index (χ0) is 11.3. The maximum absolute atomic E-state index is 10.5. The molecule has 0 atom stereocenters. The van der Waals surface area contributed by atoms with Crippen LogP contribution in [0.2, 0.25) is 0 Å². The van der Waals surface area contributed by atoms with Gasteiger partial charge in [0.2, 0.25) is 0 Å². The number of rotatable bonds is 6. The van der Waals surface area contributed by atoms with Gasteiger partial charge in [-0.3, -0.25) is 9.69 Å². The van der Waals surface area contributed by atoms with Crippen molar-refractivity contribution in [3.63, 3.8) is 0 Å². The van der Waals surface area contributed by atoms with E-state index in [1.54, 1.807) is 0 Å². The van der Waals surface area contributed by atoms with Crippen molar-refractivity contribution in [2.75, 3.05) is 13.1 Å². The lowest BCUT2D eigenvalue weighted by Gasteiger charge is -2.16. The Bertz CT molecular complexity index is 318. The highest BCUT2D eigenvalue weighted by atomic mass is 32.1. The molecule has 1 heterocycles. The van der Waals surface area contributed by atoms with E-state index in [1.165, 1.54) is 16.9 Å². The number of hydrogen-bond donors (Lipinski definition) is 1. The van der Waals surface area contributed by atoms with Gasteiger partial charge in [-0.25, -0.2) is 0 Å². The summed E-state index contributed by atoms with van der Waals surface area (Å²) in [6.45, 7) is 7.24. The first-order valence-corrected chi connectivity index (χ1v) is 6.04. The molecule has 84 valence electrons. The summed E-state index contributed by atoms with van der Waals surface area (Å²) in [5.41, 5.74) is 1.22. The number of carbonyl (C=O) groups is 1. The maximum Gasteiger partial charge on any atom is 0.308 e. The molecule has 15 heavy (non-hydrogen) atoms. The first-order valence-electron chi connectivity index (χ1n) is 5.16. The van der Waals surface area contributed by atoms with E-state index in [0.29, 0.717) is 0 Å². The van der Waals surface area contributed by atoms with Crippen LogP contribution in [0, 0.1) is 0 Å². The van der Waals surface area contributed by atoms with Gasteiger partial charge in [0, 0.05) is 11.4 Å². The molecule has 0 unspecified atom stereocenters. The number of carboxylic acid groups (broad SMARTS) is 1. The summed E-state index contributed by atoms with van der Waals surface area (Å²) in [5.74, 6) is -0.758. The molecule has 1 rings (SSSR count). The quantitative estimate of drug-likeness (QED) is 0.810. The smallest absolute Gasteiger partial charge is 0.308 e. The fourth-order valence-corrected chi connectivity index (χ4v) is 2.33. The van der Waals surface area contributed by atoms with Gasteiger partial charge < -0.3 is 5.11 Å². The SMILES string of the molecule is CCN(CC)Cc1csc(CC(=O)O)c1. The Balaban J connectivity index is 2.55. The predicted octanol–water partition coefficient (Wildman–Crippen LogP) is 2.22. The molecule has 0 aliphatic carbocycles. The molecule has 0 amide bonds. The molecule has 0 saturated carbocycles. The minimum absolute atomic E-state index is 0.142. The van der Waals surface area contributed by atoms with Gasteiger partial charge in [0.1, 0.15) is 0 Å². The van der Waals surface area contributed by atoms with Crippen LogP contribution in [0.1, 0.15) is 24.3 Å². The largest absolute Gasteiger partial charge is 0.481 e. The van der Waals surface area contributed by atoms with Gasteiger partial charge >= 0.3 is 5.97 Å². The summed E-state index contributed by atoms with van der Waals surface area (Å²) in [4.78, 5) is 13.8. The first-order chi connectivity index (χ1) is 7.15. The van der Waals surface area contributed by atoms with E-state index in [-0.39, 0.29) is 6.42 Å². The van der Waals surface area contributed by atoms with E-state index in [2.05, 4.69) is 24.1 Å². The van der Waals surface area contributed by atoms with Crippen LogP contribution in [0.4, 0.5) is 0 Å². The van der Waals surface area contributed by atoms with Gasteiger partial charge in [-0.2, -0.15) is 0 Å². The molecule has 1 aromatic heterocycles. The lowest BCUT2D eigenvalue weighted by atomic mass is 10.2. The molecule has 0 spiro atoms. The second-order valence-electron chi connectivity index (χ2n) is 3.45. The van der Waals surface area contributed by atoms with E-state index in [1.807, 2.05) is 6.07 Å². The first kappa shape index (κ1) is 12.2. The van der Waals surface area contributed by atoms with Gasteiger partial charge in [-0.15, -0.1) is 11.3 Å². The van der Waals surface area contributed by atoms with Crippen molar-refractivity contribution < 1.29 is 9.90 Å². The normalized spacial score (nSPS) is 10.9. The van der Waals surface area contributed by atoms with Crippen LogP contribution in [-0.4, -0.2) is 29.1 Å². The highest BCUT2D eigenvalue weighted by Crippen LogP contribution is 2.16. The van der Waals surface area contributed by atoms with Crippen molar-refractivity contribution in [1.29, 1.82) is 0 Å². The third kappa shape index (κ3) is 4.01. The fraction of sp³-hybridized carbons (Fsp3) is 0.545. The molecule has 4 heteroatoms. The van der Waals surface area contributed by atoms with Crippen LogP contribution in [0.5, 0.6) is 0 Å². The van der Waals surface area contributed by atoms with Gasteiger partial charge in [0.15, 0.2) is 0 Å². The number of carboxylic acids is 1. The maximum atomic E-state index is 10.5. The Morgan fingerprint density at radius 2 is 2.13 bits per heavy atom. The monoisotopic (exact) mass is 227 g/mol. The molecule has 1 N–H and O–H groups in total. The highest BCUT2D eigenvalue weighted by molar-refractivity contribution is 7.10. The number of aliphatic carboxylic acids is 1. The van der Waals surface area contributed by atoms with Crippen molar-refractivity contribution >= 4 is 17.3 Å². The Hall–Kier alpha value is -0.870. The molecular formula is C11H17NO2S. The molecular weight excluding hydrogens is 210 g/mol. The fourth-order valence-electron chi connectivity index (χ4n) is 1.46.